The SMILES string of the molecule is c1ccc2cc(-c3ccc(N(c4ccc(-c5cc6ccccc6cn5)cc4)c4ccc(-c5cc6oc7ccccc7c6cn5)cc4)cc3)ncc2c1. The maximum atomic E-state index is 6.16. The molecule has 0 unspecified atom stereocenters. The van der Waals surface area contributed by atoms with E-state index in [4.69, 9.17) is 19.4 Å². The summed E-state index contributed by atoms with van der Waals surface area (Å²) in [4.78, 5) is 16.6. The molecule has 0 amide bonds. The summed E-state index contributed by atoms with van der Waals surface area (Å²) in [6.07, 6.45) is 5.80. The molecule has 5 nitrogen and oxygen atoms in total. The van der Waals surface area contributed by atoms with Crippen molar-refractivity contribution < 1.29 is 4.42 Å². The quantitative estimate of drug-likeness (QED) is 0.177. The summed E-state index contributed by atoms with van der Waals surface area (Å²) in [5.41, 5.74) is 10.7. The Kier molecular flexibility index (Phi) is 7.07. The summed E-state index contributed by atoms with van der Waals surface area (Å²) in [6, 6.07) is 56.8. The first-order valence-corrected chi connectivity index (χ1v) is 17.3. The van der Waals surface area contributed by atoms with E-state index in [1.807, 2.05) is 55.0 Å². The molecule has 0 atom stereocenters. The molecule has 10 rings (SSSR count). The Morgan fingerprint density at radius 2 is 0.769 bits per heavy atom. The minimum Gasteiger partial charge on any atom is -0.456 e. The third-order valence-electron chi connectivity index (χ3n) is 9.79. The second-order valence-corrected chi connectivity index (χ2v) is 13.0. The molecule has 0 fully saturated rings. The van der Waals surface area contributed by atoms with Crippen LogP contribution in [0, 0.1) is 0 Å². The molecule has 244 valence electrons. The van der Waals surface area contributed by atoms with Crippen LogP contribution in [-0.2, 0) is 0 Å². The molecule has 4 aromatic heterocycles. The lowest BCUT2D eigenvalue weighted by Gasteiger charge is -2.26. The van der Waals surface area contributed by atoms with E-state index in [0.717, 1.165) is 83.5 Å². The highest BCUT2D eigenvalue weighted by Crippen LogP contribution is 2.38. The average molecular weight is 667 g/mol. The van der Waals surface area contributed by atoms with Crippen LogP contribution in [0.25, 0.3) is 77.3 Å². The minimum atomic E-state index is 0.832. The summed E-state index contributed by atoms with van der Waals surface area (Å²) in [7, 11) is 0. The zero-order chi connectivity index (χ0) is 34.4. The molecule has 0 saturated heterocycles. The Bertz CT molecular complexity index is 2770. The van der Waals surface area contributed by atoms with Crippen molar-refractivity contribution in [1.29, 1.82) is 0 Å². The number of benzene rings is 6. The molecule has 0 N–H and O–H groups in total. The van der Waals surface area contributed by atoms with E-state index in [9.17, 15) is 0 Å². The van der Waals surface area contributed by atoms with Gasteiger partial charge in [-0.15, -0.1) is 0 Å². The van der Waals surface area contributed by atoms with Crippen LogP contribution in [0.2, 0.25) is 0 Å². The van der Waals surface area contributed by atoms with Crippen molar-refractivity contribution in [2.24, 2.45) is 0 Å². The molecular formula is C47H30N4O. The van der Waals surface area contributed by atoms with E-state index in [1.165, 1.54) is 10.8 Å². The van der Waals surface area contributed by atoms with Crippen molar-refractivity contribution in [3.05, 3.63) is 182 Å². The highest BCUT2D eigenvalue weighted by molar-refractivity contribution is 6.05. The normalized spacial score (nSPS) is 11.5. The molecule has 0 radical (unpaired) electrons. The van der Waals surface area contributed by atoms with E-state index in [2.05, 4.69) is 132 Å². The Balaban J connectivity index is 1.02. The second kappa shape index (κ2) is 12.3. The van der Waals surface area contributed by atoms with Crippen LogP contribution in [-0.4, -0.2) is 15.0 Å². The molecule has 0 bridgehead atoms. The molecule has 0 saturated carbocycles. The largest absolute Gasteiger partial charge is 0.456 e. The van der Waals surface area contributed by atoms with Gasteiger partial charge in [-0.25, -0.2) is 0 Å². The van der Waals surface area contributed by atoms with Crippen LogP contribution in [0.4, 0.5) is 17.1 Å². The summed E-state index contributed by atoms with van der Waals surface area (Å²) >= 11 is 0. The van der Waals surface area contributed by atoms with E-state index in [0.29, 0.717) is 0 Å². The lowest BCUT2D eigenvalue weighted by molar-refractivity contribution is 0.668. The Morgan fingerprint density at radius 1 is 0.346 bits per heavy atom. The van der Waals surface area contributed by atoms with Gasteiger partial charge in [0.1, 0.15) is 11.2 Å². The molecule has 0 aliphatic heterocycles. The van der Waals surface area contributed by atoms with Gasteiger partial charge in [0.25, 0.3) is 0 Å². The molecule has 0 aliphatic carbocycles. The average Bonchev–Trinajstić information content (AvgIpc) is 3.59. The number of fused-ring (bicyclic) bond motifs is 5. The number of anilines is 3. The highest BCUT2D eigenvalue weighted by atomic mass is 16.3. The maximum absolute atomic E-state index is 6.16. The Morgan fingerprint density at radius 3 is 1.29 bits per heavy atom. The topological polar surface area (TPSA) is 55.1 Å². The van der Waals surface area contributed by atoms with E-state index in [-0.39, 0.29) is 0 Å². The van der Waals surface area contributed by atoms with Crippen LogP contribution < -0.4 is 4.90 Å². The van der Waals surface area contributed by atoms with E-state index >= 15 is 0 Å². The van der Waals surface area contributed by atoms with E-state index in [1.54, 1.807) is 0 Å². The number of hydrogen-bond acceptors (Lipinski definition) is 5. The molecule has 5 heteroatoms. The third kappa shape index (κ3) is 5.32. The van der Waals surface area contributed by atoms with Gasteiger partial charge in [-0.3, -0.25) is 15.0 Å². The minimum absolute atomic E-state index is 0.832. The Hall–Kier alpha value is -7.11. The fourth-order valence-corrected chi connectivity index (χ4v) is 7.05. The molecule has 10 aromatic rings. The molecule has 52 heavy (non-hydrogen) atoms. The number of hydrogen-bond donors (Lipinski definition) is 0. The number of para-hydroxylation sites is 1. The number of rotatable bonds is 6. The zero-order valence-corrected chi connectivity index (χ0v) is 28.0. The van der Waals surface area contributed by atoms with Crippen molar-refractivity contribution in [2.75, 3.05) is 4.90 Å². The fraction of sp³-hybridized carbons (Fsp3) is 0. The van der Waals surface area contributed by atoms with Crippen LogP contribution in [0.3, 0.4) is 0 Å². The first-order valence-electron chi connectivity index (χ1n) is 17.3. The maximum Gasteiger partial charge on any atom is 0.139 e. The summed E-state index contributed by atoms with van der Waals surface area (Å²) < 4.78 is 6.16. The van der Waals surface area contributed by atoms with Crippen molar-refractivity contribution in [2.45, 2.75) is 0 Å². The van der Waals surface area contributed by atoms with E-state index < -0.39 is 0 Å². The third-order valence-corrected chi connectivity index (χ3v) is 9.79. The second-order valence-electron chi connectivity index (χ2n) is 13.0. The van der Waals surface area contributed by atoms with Gasteiger partial charge >= 0.3 is 0 Å². The summed E-state index contributed by atoms with van der Waals surface area (Å²) in [6.45, 7) is 0. The van der Waals surface area contributed by atoms with Gasteiger partial charge in [0.15, 0.2) is 0 Å². The predicted molar refractivity (Wildman–Crippen MR) is 213 cm³/mol. The Labute approximate surface area is 300 Å². The molecule has 6 aromatic carbocycles. The van der Waals surface area contributed by atoms with Gasteiger partial charge in [0.2, 0.25) is 0 Å². The first-order chi connectivity index (χ1) is 25.7. The molecule has 4 heterocycles. The van der Waals surface area contributed by atoms with Gasteiger partial charge in [-0.05, 0) is 65.4 Å². The zero-order valence-electron chi connectivity index (χ0n) is 28.0. The lowest BCUT2D eigenvalue weighted by atomic mass is 10.0. The van der Waals surface area contributed by atoms with Crippen LogP contribution in [0.5, 0.6) is 0 Å². The number of nitrogens with zero attached hydrogens (tertiary/aromatic N) is 4. The fourth-order valence-electron chi connectivity index (χ4n) is 7.05. The highest BCUT2D eigenvalue weighted by Gasteiger charge is 2.15. The summed E-state index contributed by atoms with van der Waals surface area (Å²) in [5.74, 6) is 0. The number of pyridine rings is 3. The number of furan rings is 1. The first kappa shape index (κ1) is 29.8. The van der Waals surface area contributed by atoms with Gasteiger partial charge in [-0.2, -0.15) is 0 Å². The molecule has 0 aliphatic rings. The van der Waals surface area contributed by atoms with Gasteiger partial charge in [-0.1, -0.05) is 103 Å². The van der Waals surface area contributed by atoms with Gasteiger partial charge < -0.3 is 9.32 Å². The lowest BCUT2D eigenvalue weighted by Crippen LogP contribution is -2.09. The predicted octanol–water partition coefficient (Wildman–Crippen LogP) is 12.5. The summed E-state index contributed by atoms with van der Waals surface area (Å²) in [5, 5.41) is 6.71. The van der Waals surface area contributed by atoms with Crippen molar-refractivity contribution in [3.63, 3.8) is 0 Å². The molecule has 0 spiro atoms. The van der Waals surface area contributed by atoms with Crippen molar-refractivity contribution in [3.8, 4) is 33.8 Å². The van der Waals surface area contributed by atoms with Crippen LogP contribution in [0.1, 0.15) is 0 Å². The van der Waals surface area contributed by atoms with Crippen LogP contribution in [0.15, 0.2) is 187 Å². The smallest absolute Gasteiger partial charge is 0.139 e. The van der Waals surface area contributed by atoms with Gasteiger partial charge in [0.05, 0.1) is 17.1 Å². The van der Waals surface area contributed by atoms with Gasteiger partial charge in [0, 0.05) is 80.0 Å². The standard InChI is InChI=1S/C47H30N4O/c1-3-9-36-28-48-43(25-34(36)7-1)31-13-19-38(20-14-31)51(39-21-15-32(16-22-39)44-26-35-8-2-4-10-37(35)29-49-44)40-23-17-33(18-24-40)45-27-47-42(30-50-45)41-11-5-6-12-46(41)52-47/h1-30H. The number of aromatic nitrogens is 3. The monoisotopic (exact) mass is 666 g/mol. The van der Waals surface area contributed by atoms with Crippen molar-refractivity contribution in [1.82, 2.24) is 15.0 Å². The van der Waals surface area contributed by atoms with Crippen molar-refractivity contribution >= 4 is 60.5 Å². The van der Waals surface area contributed by atoms with Crippen LogP contribution >= 0.6 is 0 Å². The molecular weight excluding hydrogens is 637 g/mol.